The van der Waals surface area contributed by atoms with E-state index in [-0.39, 0.29) is 5.92 Å². The van der Waals surface area contributed by atoms with Gasteiger partial charge in [-0.1, -0.05) is 78.9 Å². The first-order valence-corrected chi connectivity index (χ1v) is 12.7. The van der Waals surface area contributed by atoms with Crippen molar-refractivity contribution in [3.05, 3.63) is 150 Å². The van der Waals surface area contributed by atoms with E-state index in [0.717, 1.165) is 17.8 Å². The van der Waals surface area contributed by atoms with Gasteiger partial charge in [-0.3, -0.25) is 9.38 Å². The van der Waals surface area contributed by atoms with E-state index in [2.05, 4.69) is 108 Å². The number of nitrogens with zero attached hydrogens (tertiary/aromatic N) is 3. The number of hydrogen-bond donors (Lipinski definition) is 0. The second kappa shape index (κ2) is 7.87. The smallest absolute Gasteiger partial charge is 0.145 e. The monoisotopic (exact) mass is 473 g/mol. The van der Waals surface area contributed by atoms with E-state index in [1.54, 1.807) is 0 Å². The van der Waals surface area contributed by atoms with Crippen LogP contribution in [0.15, 0.2) is 122 Å². The zero-order chi connectivity index (χ0) is 24.3. The van der Waals surface area contributed by atoms with E-state index in [4.69, 9.17) is 9.97 Å². The molecule has 0 aliphatic heterocycles. The highest BCUT2D eigenvalue weighted by Crippen LogP contribution is 2.47. The minimum Gasteiger partial charge on any atom is -0.299 e. The minimum absolute atomic E-state index is 0.167. The van der Waals surface area contributed by atoms with Crippen molar-refractivity contribution < 1.29 is 0 Å². The van der Waals surface area contributed by atoms with E-state index < -0.39 is 0 Å². The molecular formula is C34H23N3. The van der Waals surface area contributed by atoms with E-state index in [0.29, 0.717) is 0 Å². The van der Waals surface area contributed by atoms with Crippen LogP contribution in [0.25, 0.3) is 38.4 Å². The normalized spacial score (nSPS) is 14.3. The van der Waals surface area contributed by atoms with Gasteiger partial charge in [0.15, 0.2) is 0 Å². The molecule has 3 nitrogen and oxygen atoms in total. The summed E-state index contributed by atoms with van der Waals surface area (Å²) < 4.78 is 2.20. The SMILES string of the molecule is c1ccc(C2c3ccccc3-c3ccc(Cc4ccc5c6ccccc6n6ccnc6c5c4)cc32)nc1. The Hall–Kier alpha value is -4.76. The summed E-state index contributed by atoms with van der Waals surface area (Å²) in [7, 11) is 0. The van der Waals surface area contributed by atoms with Crippen LogP contribution in [0, 0.1) is 0 Å². The predicted octanol–water partition coefficient (Wildman–Crippen LogP) is 7.79. The number of para-hydroxylation sites is 1. The average molecular weight is 474 g/mol. The molecule has 1 atom stereocenters. The lowest BCUT2D eigenvalue weighted by atomic mass is 9.91. The van der Waals surface area contributed by atoms with Gasteiger partial charge in [0.25, 0.3) is 0 Å². The van der Waals surface area contributed by atoms with Crippen molar-refractivity contribution in [2.75, 3.05) is 0 Å². The Morgan fingerprint density at radius 3 is 2.35 bits per heavy atom. The third-order valence-electron chi connectivity index (χ3n) is 7.80. The molecule has 1 unspecified atom stereocenters. The molecule has 1 aliphatic rings. The van der Waals surface area contributed by atoms with Gasteiger partial charge >= 0.3 is 0 Å². The van der Waals surface area contributed by atoms with Crippen LogP contribution in [0.1, 0.15) is 33.9 Å². The van der Waals surface area contributed by atoms with Crippen molar-refractivity contribution in [1.82, 2.24) is 14.4 Å². The third-order valence-corrected chi connectivity index (χ3v) is 7.80. The second-order valence-corrected chi connectivity index (χ2v) is 9.89. The molecule has 0 N–H and O–H groups in total. The summed E-state index contributed by atoms with van der Waals surface area (Å²) in [6.07, 6.45) is 6.71. The zero-order valence-electron chi connectivity index (χ0n) is 20.2. The van der Waals surface area contributed by atoms with Gasteiger partial charge in [-0.25, -0.2) is 4.98 Å². The van der Waals surface area contributed by atoms with Crippen molar-refractivity contribution in [1.29, 1.82) is 0 Å². The Kier molecular flexibility index (Phi) is 4.35. The average Bonchev–Trinajstić information content (AvgIpc) is 3.57. The Morgan fingerprint density at radius 2 is 1.41 bits per heavy atom. The molecule has 0 amide bonds. The van der Waals surface area contributed by atoms with Crippen molar-refractivity contribution in [2.24, 2.45) is 0 Å². The van der Waals surface area contributed by atoms with Crippen LogP contribution in [-0.4, -0.2) is 14.4 Å². The highest BCUT2D eigenvalue weighted by molar-refractivity contribution is 6.11. The Labute approximate surface area is 214 Å². The first-order valence-electron chi connectivity index (χ1n) is 12.7. The first-order chi connectivity index (χ1) is 18.3. The number of fused-ring (bicyclic) bond motifs is 9. The van der Waals surface area contributed by atoms with Crippen LogP contribution < -0.4 is 0 Å². The summed E-state index contributed by atoms with van der Waals surface area (Å²) in [5.41, 5.74) is 11.2. The molecule has 174 valence electrons. The van der Waals surface area contributed by atoms with Gasteiger partial charge in [0.2, 0.25) is 0 Å². The van der Waals surface area contributed by atoms with Crippen LogP contribution in [0.4, 0.5) is 0 Å². The van der Waals surface area contributed by atoms with Crippen molar-refractivity contribution in [3.63, 3.8) is 0 Å². The van der Waals surface area contributed by atoms with Gasteiger partial charge in [-0.15, -0.1) is 0 Å². The van der Waals surface area contributed by atoms with E-state index in [1.165, 1.54) is 55.1 Å². The molecule has 7 aromatic rings. The zero-order valence-corrected chi connectivity index (χ0v) is 20.2. The lowest BCUT2D eigenvalue weighted by Crippen LogP contribution is -2.02. The van der Waals surface area contributed by atoms with Gasteiger partial charge in [0.05, 0.1) is 17.1 Å². The second-order valence-electron chi connectivity index (χ2n) is 9.89. The molecule has 0 saturated heterocycles. The molecule has 0 spiro atoms. The maximum absolute atomic E-state index is 4.75. The van der Waals surface area contributed by atoms with Crippen LogP contribution in [0.5, 0.6) is 0 Å². The minimum atomic E-state index is 0.167. The molecule has 37 heavy (non-hydrogen) atoms. The van der Waals surface area contributed by atoms with Gasteiger partial charge in [0.1, 0.15) is 5.65 Å². The summed E-state index contributed by atoms with van der Waals surface area (Å²) in [6.45, 7) is 0. The molecule has 1 aliphatic carbocycles. The molecule has 3 aromatic heterocycles. The maximum Gasteiger partial charge on any atom is 0.145 e. The number of imidazole rings is 1. The van der Waals surface area contributed by atoms with Crippen LogP contribution in [0.2, 0.25) is 0 Å². The molecule has 3 heteroatoms. The summed E-state index contributed by atoms with van der Waals surface area (Å²) in [5.74, 6) is 0.167. The third kappa shape index (κ3) is 3.07. The van der Waals surface area contributed by atoms with Gasteiger partial charge in [0, 0.05) is 29.4 Å². The fourth-order valence-corrected chi connectivity index (χ4v) is 6.20. The number of pyridine rings is 2. The van der Waals surface area contributed by atoms with E-state index in [1.807, 2.05) is 18.5 Å². The molecule has 0 bridgehead atoms. The summed E-state index contributed by atoms with van der Waals surface area (Å²) in [5, 5.41) is 3.70. The lowest BCUT2D eigenvalue weighted by Gasteiger charge is -2.14. The summed E-state index contributed by atoms with van der Waals surface area (Å²) >= 11 is 0. The molecule has 0 fully saturated rings. The van der Waals surface area contributed by atoms with Crippen LogP contribution in [0.3, 0.4) is 0 Å². The van der Waals surface area contributed by atoms with Gasteiger partial charge in [-0.2, -0.15) is 0 Å². The fourth-order valence-electron chi connectivity index (χ4n) is 6.20. The largest absolute Gasteiger partial charge is 0.299 e. The lowest BCUT2D eigenvalue weighted by molar-refractivity contribution is 0.942. The molecule has 4 aromatic carbocycles. The number of aromatic nitrogens is 3. The molecule has 0 saturated carbocycles. The van der Waals surface area contributed by atoms with Crippen LogP contribution in [-0.2, 0) is 6.42 Å². The fraction of sp³-hybridized carbons (Fsp3) is 0.0588. The first kappa shape index (κ1) is 20.4. The number of rotatable bonds is 3. The van der Waals surface area contributed by atoms with Crippen molar-refractivity contribution in [3.8, 4) is 11.1 Å². The topological polar surface area (TPSA) is 30.2 Å². The Bertz CT molecular complexity index is 1970. The quantitative estimate of drug-likeness (QED) is 0.245. The molecule has 8 rings (SSSR count). The molecular weight excluding hydrogens is 450 g/mol. The van der Waals surface area contributed by atoms with Crippen molar-refractivity contribution in [2.45, 2.75) is 12.3 Å². The maximum atomic E-state index is 4.75. The van der Waals surface area contributed by atoms with E-state index in [9.17, 15) is 0 Å². The molecule has 3 heterocycles. The Balaban J connectivity index is 1.25. The summed E-state index contributed by atoms with van der Waals surface area (Å²) in [6, 6.07) is 37.4. The molecule has 0 radical (unpaired) electrons. The standard InChI is InChI=1S/C34H23N3/c1-2-9-28-24(7-1)25-14-12-22(20-29(25)33(28)31-10-5-6-16-35-31)19-23-13-15-26-27-8-3-4-11-32(27)37-18-17-36-34(37)30(26)21-23/h1-18,20-21,33H,19H2. The van der Waals surface area contributed by atoms with Gasteiger partial charge < -0.3 is 0 Å². The predicted molar refractivity (Wildman–Crippen MR) is 150 cm³/mol. The van der Waals surface area contributed by atoms with E-state index >= 15 is 0 Å². The number of hydrogen-bond acceptors (Lipinski definition) is 2. The Morgan fingerprint density at radius 1 is 0.595 bits per heavy atom. The highest BCUT2D eigenvalue weighted by atomic mass is 15.0. The summed E-state index contributed by atoms with van der Waals surface area (Å²) in [4.78, 5) is 9.46. The van der Waals surface area contributed by atoms with Gasteiger partial charge in [-0.05, 0) is 69.5 Å². The van der Waals surface area contributed by atoms with Crippen LogP contribution >= 0.6 is 0 Å². The number of benzene rings is 4. The highest BCUT2D eigenvalue weighted by Gasteiger charge is 2.30. The van der Waals surface area contributed by atoms with Crippen molar-refractivity contribution >= 4 is 27.3 Å².